The zero-order valence-electron chi connectivity index (χ0n) is 18.9. The zero-order valence-corrected chi connectivity index (χ0v) is 22.1. The van der Waals surface area contributed by atoms with Crippen LogP contribution in [-0.2, 0) is 6.42 Å². The fourth-order valence-corrected chi connectivity index (χ4v) is 6.68. The molecule has 6 rings (SSSR count). The first-order valence-corrected chi connectivity index (χ1v) is 14.1. The zero-order chi connectivity index (χ0) is 24.1. The third-order valence-electron chi connectivity index (χ3n) is 6.57. The van der Waals surface area contributed by atoms with Crippen molar-refractivity contribution in [2.24, 2.45) is 4.99 Å². The Morgan fingerprint density at radius 2 is 1.91 bits per heavy atom. The van der Waals surface area contributed by atoms with Gasteiger partial charge < -0.3 is 5.11 Å². The number of fused-ring (bicyclic) bond motifs is 3. The predicted molar refractivity (Wildman–Crippen MR) is 147 cm³/mol. The van der Waals surface area contributed by atoms with Crippen molar-refractivity contribution in [1.82, 2.24) is 4.57 Å². The van der Waals surface area contributed by atoms with Gasteiger partial charge in [-0.15, -0.1) is 11.8 Å². The molecule has 2 heterocycles. The second-order valence-corrected chi connectivity index (χ2v) is 11.3. The maximum absolute atomic E-state index is 13.8. The van der Waals surface area contributed by atoms with Gasteiger partial charge in [0.25, 0.3) is 5.56 Å². The summed E-state index contributed by atoms with van der Waals surface area (Å²) in [6, 6.07) is 22.0. The molecule has 1 N–H and O–H groups in total. The van der Waals surface area contributed by atoms with Gasteiger partial charge in [0.05, 0.1) is 20.7 Å². The van der Waals surface area contributed by atoms with Crippen molar-refractivity contribution in [3.63, 3.8) is 0 Å². The Bertz CT molecular complexity index is 1680. The summed E-state index contributed by atoms with van der Waals surface area (Å²) in [5.41, 5.74) is 6.58. The molecule has 1 aromatic heterocycles. The number of aryl methyl sites for hydroxylation is 1. The van der Waals surface area contributed by atoms with Crippen LogP contribution >= 0.6 is 39.0 Å². The fraction of sp³-hybridized carbons (Fsp3) is 0.143. The number of aromatic hydroxyl groups is 1. The maximum Gasteiger partial charge on any atom is 0.271 e. The molecule has 0 fully saturated rings. The molecular weight excluding hydrogens is 540 g/mol. The topological polar surface area (TPSA) is 54.6 Å². The third-order valence-corrected chi connectivity index (χ3v) is 8.94. The van der Waals surface area contributed by atoms with Gasteiger partial charge >= 0.3 is 0 Å². The first kappa shape index (κ1) is 22.6. The number of thiazole rings is 1. The van der Waals surface area contributed by atoms with Crippen LogP contribution in [0.5, 0.6) is 5.75 Å². The normalized spacial score (nSPS) is 17.0. The molecule has 1 unspecified atom stereocenters. The molecule has 0 saturated carbocycles. The number of allylic oxidation sites excluding steroid dienone is 1. The third kappa shape index (κ3) is 3.92. The Balaban J connectivity index is 1.60. The van der Waals surface area contributed by atoms with Crippen LogP contribution in [0.1, 0.15) is 34.7 Å². The summed E-state index contributed by atoms with van der Waals surface area (Å²) >= 11 is 6.49. The molecule has 0 radical (unpaired) electrons. The van der Waals surface area contributed by atoms with E-state index in [2.05, 4.69) is 70.7 Å². The largest absolute Gasteiger partial charge is 0.507 e. The average molecular weight is 562 g/mol. The van der Waals surface area contributed by atoms with Crippen LogP contribution in [0.4, 0.5) is 0 Å². The molecule has 1 aliphatic carbocycles. The lowest BCUT2D eigenvalue weighted by atomic mass is 9.83. The first-order chi connectivity index (χ1) is 17.0. The Kier molecular flexibility index (Phi) is 5.79. The number of halogens is 1. The molecule has 2 aliphatic rings. The van der Waals surface area contributed by atoms with E-state index >= 15 is 0 Å². The highest BCUT2D eigenvalue weighted by Gasteiger charge is 2.32. The standard InChI is InChI=1S/C28H21BrN2O2S2/c1-34-19-10-7-18(8-11-19)26-21-12-9-17-4-2-3-5-20(17)25(21)30-28-31(26)27(33)24(35-28)15-16-6-13-23(32)22(29)14-16/h2-8,10-11,13-15,26,32H,9,12H2,1H3. The summed E-state index contributed by atoms with van der Waals surface area (Å²) < 4.78 is 3.09. The molecule has 0 saturated heterocycles. The Hall–Kier alpha value is -2.87. The van der Waals surface area contributed by atoms with E-state index < -0.39 is 0 Å². The summed E-state index contributed by atoms with van der Waals surface area (Å²) in [5, 5.41) is 9.85. The molecule has 174 valence electrons. The van der Waals surface area contributed by atoms with Crippen LogP contribution in [0.15, 0.2) is 91.5 Å². The number of phenols is 1. The Morgan fingerprint density at radius 1 is 1.11 bits per heavy atom. The smallest absolute Gasteiger partial charge is 0.271 e. The Labute approximate surface area is 219 Å². The highest BCUT2D eigenvalue weighted by atomic mass is 79.9. The van der Waals surface area contributed by atoms with Crippen molar-refractivity contribution in [2.45, 2.75) is 23.8 Å². The number of hydrogen-bond acceptors (Lipinski definition) is 5. The van der Waals surface area contributed by atoms with Crippen molar-refractivity contribution in [3.05, 3.63) is 119 Å². The van der Waals surface area contributed by atoms with Crippen LogP contribution in [0.3, 0.4) is 0 Å². The summed E-state index contributed by atoms with van der Waals surface area (Å²) in [7, 11) is 0. The van der Waals surface area contributed by atoms with Gasteiger partial charge in [0.15, 0.2) is 4.80 Å². The number of nitrogens with zero attached hydrogens (tertiary/aromatic N) is 2. The minimum absolute atomic E-state index is 0.0395. The van der Waals surface area contributed by atoms with E-state index in [0.29, 0.717) is 13.8 Å². The molecule has 0 amide bonds. The van der Waals surface area contributed by atoms with Gasteiger partial charge in [0.2, 0.25) is 0 Å². The van der Waals surface area contributed by atoms with Crippen LogP contribution in [0, 0.1) is 0 Å². The van der Waals surface area contributed by atoms with E-state index in [0.717, 1.165) is 29.7 Å². The molecule has 4 nitrogen and oxygen atoms in total. The number of thioether (sulfide) groups is 1. The van der Waals surface area contributed by atoms with E-state index in [-0.39, 0.29) is 17.4 Å². The molecule has 3 aromatic carbocycles. The number of aromatic nitrogens is 1. The monoisotopic (exact) mass is 560 g/mol. The van der Waals surface area contributed by atoms with Gasteiger partial charge in [-0.2, -0.15) is 0 Å². The number of phenolic OH excluding ortho intramolecular Hbond substituents is 1. The SMILES string of the molecule is CSc1ccc(C2C3=C(N=c4sc(=Cc5ccc(O)c(Br)c5)c(=O)n42)c2ccccc2CC3)cc1. The van der Waals surface area contributed by atoms with Crippen molar-refractivity contribution >= 4 is 50.8 Å². The molecule has 7 heteroatoms. The van der Waals surface area contributed by atoms with Crippen molar-refractivity contribution < 1.29 is 5.11 Å². The average Bonchev–Trinajstić information content (AvgIpc) is 3.19. The van der Waals surface area contributed by atoms with Crippen molar-refractivity contribution in [3.8, 4) is 5.75 Å². The number of hydrogen-bond donors (Lipinski definition) is 1. The van der Waals surface area contributed by atoms with Gasteiger partial charge in [0, 0.05) is 10.5 Å². The quantitative estimate of drug-likeness (QED) is 0.336. The van der Waals surface area contributed by atoms with E-state index in [1.165, 1.54) is 32.9 Å². The van der Waals surface area contributed by atoms with Crippen LogP contribution in [-0.4, -0.2) is 15.9 Å². The van der Waals surface area contributed by atoms with Gasteiger partial charge in [-0.1, -0.05) is 53.8 Å². The van der Waals surface area contributed by atoms with Gasteiger partial charge in [0.1, 0.15) is 5.75 Å². The maximum atomic E-state index is 13.8. The molecular formula is C28H21BrN2O2S2. The second-order valence-electron chi connectivity index (χ2n) is 8.60. The van der Waals surface area contributed by atoms with Crippen molar-refractivity contribution in [2.75, 3.05) is 6.26 Å². The molecule has 1 aliphatic heterocycles. The minimum atomic E-state index is -0.181. The van der Waals surface area contributed by atoms with Crippen LogP contribution in [0.2, 0.25) is 0 Å². The lowest BCUT2D eigenvalue weighted by Gasteiger charge is -2.30. The highest BCUT2D eigenvalue weighted by molar-refractivity contribution is 9.10. The molecule has 35 heavy (non-hydrogen) atoms. The number of benzene rings is 3. The summed E-state index contributed by atoms with van der Waals surface area (Å²) in [6.07, 6.45) is 5.76. The van der Waals surface area contributed by atoms with Gasteiger partial charge in [-0.3, -0.25) is 9.36 Å². The second kappa shape index (κ2) is 8.97. The van der Waals surface area contributed by atoms with Gasteiger partial charge in [-0.05, 0) is 87.6 Å². The van der Waals surface area contributed by atoms with Crippen LogP contribution < -0.4 is 14.9 Å². The van der Waals surface area contributed by atoms with Crippen LogP contribution in [0.25, 0.3) is 11.8 Å². The molecule has 1 atom stereocenters. The van der Waals surface area contributed by atoms with Gasteiger partial charge in [-0.25, -0.2) is 4.99 Å². The summed E-state index contributed by atoms with van der Waals surface area (Å²) in [6.45, 7) is 0. The molecule has 4 aromatic rings. The number of rotatable bonds is 3. The highest BCUT2D eigenvalue weighted by Crippen LogP contribution is 2.41. The van der Waals surface area contributed by atoms with Crippen molar-refractivity contribution in [1.29, 1.82) is 0 Å². The fourth-order valence-electron chi connectivity index (χ4n) is 4.87. The van der Waals surface area contributed by atoms with E-state index in [9.17, 15) is 9.90 Å². The molecule has 0 bridgehead atoms. The Morgan fingerprint density at radius 3 is 2.69 bits per heavy atom. The van der Waals surface area contributed by atoms with E-state index in [1.807, 2.05) is 16.7 Å². The van der Waals surface area contributed by atoms with E-state index in [1.54, 1.807) is 23.9 Å². The van der Waals surface area contributed by atoms with E-state index in [4.69, 9.17) is 4.99 Å². The lowest BCUT2D eigenvalue weighted by molar-refractivity contribution is 0.472. The predicted octanol–water partition coefficient (Wildman–Crippen LogP) is 5.51. The first-order valence-electron chi connectivity index (χ1n) is 11.3. The molecule has 0 spiro atoms. The minimum Gasteiger partial charge on any atom is -0.507 e. The summed E-state index contributed by atoms with van der Waals surface area (Å²) in [4.78, 5) is 20.8. The summed E-state index contributed by atoms with van der Waals surface area (Å²) in [5.74, 6) is 0.170. The lowest BCUT2D eigenvalue weighted by Crippen LogP contribution is -2.38.